The highest BCUT2D eigenvalue weighted by Gasteiger charge is 2.31. The molecule has 0 saturated carbocycles. The number of hydrogen-bond acceptors (Lipinski definition) is 8. The number of para-hydroxylation sites is 1. The summed E-state index contributed by atoms with van der Waals surface area (Å²) < 4.78 is 0. The third-order valence-electron chi connectivity index (χ3n) is 6.31. The normalized spacial score (nSPS) is 13.7. The van der Waals surface area contributed by atoms with Crippen molar-refractivity contribution in [3.05, 3.63) is 36.0 Å². The molecule has 0 aliphatic rings. The van der Waals surface area contributed by atoms with E-state index in [1.54, 1.807) is 6.20 Å². The quantitative estimate of drug-likeness (QED) is 0.0970. The molecule has 0 radical (unpaired) electrons. The minimum Gasteiger partial charge on any atom is -0.481 e. The van der Waals surface area contributed by atoms with E-state index in [2.05, 4.69) is 20.9 Å². The molecule has 4 amide bonds. The lowest BCUT2D eigenvalue weighted by molar-refractivity contribution is -0.144. The predicted octanol–water partition coefficient (Wildman–Crippen LogP) is -1.43. The first-order valence-corrected chi connectivity index (χ1v) is 12.9. The van der Waals surface area contributed by atoms with E-state index in [4.69, 9.17) is 21.7 Å². The molecule has 2 aromatic rings. The number of fused-ring (bicyclic) bond motifs is 1. The van der Waals surface area contributed by atoms with E-state index in [0.717, 1.165) is 16.5 Å². The predicted molar refractivity (Wildman–Crippen MR) is 146 cm³/mol. The molecule has 2 rings (SSSR count). The summed E-state index contributed by atoms with van der Waals surface area (Å²) in [5.41, 5.74) is 12.9. The fourth-order valence-corrected chi connectivity index (χ4v) is 4.07. The highest BCUT2D eigenvalue weighted by Crippen LogP contribution is 2.19. The minimum absolute atomic E-state index is 0.0938. The van der Waals surface area contributed by atoms with Crippen molar-refractivity contribution < 1.29 is 48.9 Å². The van der Waals surface area contributed by atoms with E-state index >= 15 is 0 Å². The monoisotopic (exact) mass is 590 g/mol. The van der Waals surface area contributed by atoms with Crippen molar-refractivity contribution in [1.29, 1.82) is 0 Å². The lowest BCUT2D eigenvalue weighted by atomic mass is 10.0. The van der Waals surface area contributed by atoms with Gasteiger partial charge in [-0.1, -0.05) is 18.2 Å². The number of aromatic amines is 1. The second-order valence-electron chi connectivity index (χ2n) is 9.56. The van der Waals surface area contributed by atoms with E-state index < -0.39 is 91.4 Å². The number of H-pyrrole nitrogens is 1. The van der Waals surface area contributed by atoms with Gasteiger partial charge in [-0.25, -0.2) is 4.79 Å². The molecular weight excluding hydrogens is 556 g/mol. The van der Waals surface area contributed by atoms with Crippen molar-refractivity contribution in [2.24, 2.45) is 11.5 Å². The van der Waals surface area contributed by atoms with Gasteiger partial charge in [0.2, 0.25) is 23.6 Å². The van der Waals surface area contributed by atoms with Gasteiger partial charge in [-0.3, -0.25) is 28.8 Å². The number of nitrogens with two attached hydrogens (primary N) is 2. The summed E-state index contributed by atoms with van der Waals surface area (Å²) in [7, 11) is 0. The Morgan fingerprint density at radius 3 is 1.79 bits per heavy atom. The molecule has 16 nitrogen and oxygen atoms in total. The molecule has 0 fully saturated rings. The second-order valence-corrected chi connectivity index (χ2v) is 9.56. The van der Waals surface area contributed by atoms with Crippen LogP contribution < -0.4 is 27.4 Å². The molecule has 0 saturated heterocycles. The first-order valence-electron chi connectivity index (χ1n) is 12.9. The summed E-state index contributed by atoms with van der Waals surface area (Å²) in [6.45, 7) is 0. The van der Waals surface area contributed by atoms with Crippen LogP contribution in [0.3, 0.4) is 0 Å². The van der Waals surface area contributed by atoms with Gasteiger partial charge in [0.1, 0.15) is 18.1 Å². The molecule has 0 spiro atoms. The summed E-state index contributed by atoms with van der Waals surface area (Å²) in [6, 6.07) is 1.59. The molecule has 16 heteroatoms. The van der Waals surface area contributed by atoms with E-state index in [0.29, 0.717) is 0 Å². The van der Waals surface area contributed by atoms with Crippen LogP contribution in [0.4, 0.5) is 0 Å². The number of carbonyl (C=O) groups is 7. The maximum absolute atomic E-state index is 13.2. The fraction of sp³-hybridized carbons (Fsp3) is 0.423. The number of carbonyl (C=O) groups excluding carboxylic acids is 4. The Morgan fingerprint density at radius 2 is 1.24 bits per heavy atom. The average Bonchev–Trinajstić information content (AvgIpc) is 3.32. The number of primary amides is 1. The molecule has 1 heterocycles. The van der Waals surface area contributed by atoms with Crippen LogP contribution in [0.25, 0.3) is 10.9 Å². The number of rotatable bonds is 18. The standard InChI is InChI=1S/C26H34N6O10/c27-15(11-13-12-29-16-4-2-1-3-14(13)16)23(38)30-17(5-8-20(28)33)24(39)31-18(6-9-21(34)35)25(40)32-19(26(41)42)7-10-22(36)37/h1-4,12,15,17-19,29H,5-11,27H2,(H2,28,33)(H,30,38)(H,31,39)(H,32,40)(H,34,35)(H,36,37)(H,41,42). The van der Waals surface area contributed by atoms with Crippen LogP contribution in [0.1, 0.15) is 44.1 Å². The summed E-state index contributed by atoms with van der Waals surface area (Å²) >= 11 is 0. The topological polar surface area (TPSA) is 284 Å². The van der Waals surface area contributed by atoms with Gasteiger partial charge >= 0.3 is 17.9 Å². The van der Waals surface area contributed by atoms with Gasteiger partial charge in [-0.05, 0) is 37.3 Å². The van der Waals surface area contributed by atoms with Gasteiger partial charge in [0.15, 0.2) is 0 Å². The van der Waals surface area contributed by atoms with Crippen LogP contribution in [0.2, 0.25) is 0 Å². The van der Waals surface area contributed by atoms with Crippen molar-refractivity contribution in [1.82, 2.24) is 20.9 Å². The Hall–Kier alpha value is -4.99. The number of amides is 4. The van der Waals surface area contributed by atoms with Crippen LogP contribution >= 0.6 is 0 Å². The third-order valence-corrected chi connectivity index (χ3v) is 6.31. The zero-order chi connectivity index (χ0) is 31.4. The zero-order valence-corrected chi connectivity index (χ0v) is 22.5. The smallest absolute Gasteiger partial charge is 0.326 e. The van der Waals surface area contributed by atoms with Crippen molar-refractivity contribution in [3.8, 4) is 0 Å². The number of benzene rings is 1. The number of carboxylic acid groups (broad SMARTS) is 3. The molecule has 4 unspecified atom stereocenters. The van der Waals surface area contributed by atoms with Crippen LogP contribution in [0.5, 0.6) is 0 Å². The molecule has 0 aliphatic heterocycles. The molecule has 4 atom stereocenters. The average molecular weight is 591 g/mol. The number of aliphatic carboxylic acids is 3. The number of carboxylic acids is 3. The fourth-order valence-electron chi connectivity index (χ4n) is 4.07. The minimum atomic E-state index is -1.63. The first kappa shape index (κ1) is 33.2. The van der Waals surface area contributed by atoms with Gasteiger partial charge < -0.3 is 47.7 Å². The Balaban J connectivity index is 2.17. The van der Waals surface area contributed by atoms with Crippen molar-refractivity contribution >= 4 is 52.4 Å². The molecule has 0 bridgehead atoms. The SMILES string of the molecule is NC(=O)CCC(NC(=O)C(N)Cc1c[nH]c2ccccc12)C(=O)NC(CCC(=O)O)C(=O)NC(CCC(=O)O)C(=O)O. The van der Waals surface area contributed by atoms with Gasteiger partial charge in [-0.15, -0.1) is 0 Å². The lowest BCUT2D eigenvalue weighted by Gasteiger charge is -2.25. The Morgan fingerprint density at radius 1 is 0.738 bits per heavy atom. The Bertz CT molecular complexity index is 1330. The van der Waals surface area contributed by atoms with Crippen molar-refractivity contribution in [2.45, 2.75) is 69.1 Å². The van der Waals surface area contributed by atoms with Gasteiger partial charge in [0, 0.05) is 36.4 Å². The Kier molecular flexibility index (Phi) is 12.4. The van der Waals surface area contributed by atoms with Gasteiger partial charge in [0.05, 0.1) is 6.04 Å². The molecule has 1 aromatic heterocycles. The largest absolute Gasteiger partial charge is 0.481 e. The maximum atomic E-state index is 13.2. The van der Waals surface area contributed by atoms with Crippen LogP contribution in [0.15, 0.2) is 30.5 Å². The number of aromatic nitrogens is 1. The van der Waals surface area contributed by atoms with E-state index in [-0.39, 0.29) is 19.3 Å². The van der Waals surface area contributed by atoms with E-state index in [9.17, 15) is 38.7 Å². The number of hydrogen-bond donors (Lipinski definition) is 9. The van der Waals surface area contributed by atoms with E-state index in [1.807, 2.05) is 24.3 Å². The second kappa shape index (κ2) is 15.7. The van der Waals surface area contributed by atoms with Gasteiger partial charge in [0.25, 0.3) is 0 Å². The highest BCUT2D eigenvalue weighted by atomic mass is 16.4. The molecule has 228 valence electrons. The molecule has 11 N–H and O–H groups in total. The lowest BCUT2D eigenvalue weighted by Crippen LogP contribution is -2.57. The maximum Gasteiger partial charge on any atom is 0.326 e. The molecule has 1 aromatic carbocycles. The van der Waals surface area contributed by atoms with Crippen molar-refractivity contribution in [3.63, 3.8) is 0 Å². The summed E-state index contributed by atoms with van der Waals surface area (Å²) in [6.07, 6.45) is -0.939. The van der Waals surface area contributed by atoms with Gasteiger partial charge in [-0.2, -0.15) is 0 Å². The summed E-state index contributed by atoms with van der Waals surface area (Å²) in [5.74, 6) is -7.76. The summed E-state index contributed by atoms with van der Waals surface area (Å²) in [5, 5.41) is 34.9. The first-order chi connectivity index (χ1) is 19.8. The van der Waals surface area contributed by atoms with Crippen LogP contribution in [-0.4, -0.2) is 86.0 Å². The van der Waals surface area contributed by atoms with Crippen LogP contribution in [-0.2, 0) is 40.0 Å². The zero-order valence-electron chi connectivity index (χ0n) is 22.5. The van der Waals surface area contributed by atoms with Crippen molar-refractivity contribution in [2.75, 3.05) is 0 Å². The third kappa shape index (κ3) is 10.5. The van der Waals surface area contributed by atoms with Crippen LogP contribution in [0, 0.1) is 0 Å². The van der Waals surface area contributed by atoms with E-state index in [1.165, 1.54) is 0 Å². The molecule has 42 heavy (non-hydrogen) atoms. The Labute approximate surface area is 239 Å². The molecular formula is C26H34N6O10. The molecule has 0 aliphatic carbocycles. The summed E-state index contributed by atoms with van der Waals surface area (Å²) in [4.78, 5) is 86.9. The highest BCUT2D eigenvalue weighted by molar-refractivity contribution is 5.95. The number of nitrogens with one attached hydrogen (secondary N) is 4.